The second-order valence-electron chi connectivity index (χ2n) is 5.17. The zero-order valence-corrected chi connectivity index (χ0v) is 12.7. The summed E-state index contributed by atoms with van der Waals surface area (Å²) in [4.78, 5) is 0. The Morgan fingerprint density at radius 3 is 2.60 bits per heavy atom. The van der Waals surface area contributed by atoms with Crippen LogP contribution in [0.3, 0.4) is 0 Å². The van der Waals surface area contributed by atoms with Gasteiger partial charge < -0.3 is 20.5 Å². The van der Waals surface area contributed by atoms with Gasteiger partial charge in [-0.3, -0.25) is 0 Å². The van der Waals surface area contributed by atoms with E-state index in [2.05, 4.69) is 19.2 Å². The van der Waals surface area contributed by atoms with Gasteiger partial charge in [-0.1, -0.05) is 20.8 Å². The molecular formula is C15H25FN2O2. The van der Waals surface area contributed by atoms with E-state index in [1.807, 2.05) is 6.92 Å². The quantitative estimate of drug-likeness (QED) is 0.719. The molecule has 1 aromatic rings. The first-order chi connectivity index (χ1) is 9.49. The van der Waals surface area contributed by atoms with Crippen LogP contribution in [-0.2, 0) is 4.74 Å². The Morgan fingerprint density at radius 1 is 1.35 bits per heavy atom. The average molecular weight is 284 g/mol. The van der Waals surface area contributed by atoms with Crippen molar-refractivity contribution >= 4 is 11.4 Å². The SMILES string of the molecule is CCCOc1cc(NC(COC)C(C)C)c(N)cc1F. The lowest BCUT2D eigenvalue weighted by Crippen LogP contribution is -2.30. The third-order valence-electron chi connectivity index (χ3n) is 3.06. The molecule has 0 fully saturated rings. The number of nitrogens with two attached hydrogens (primary N) is 1. The summed E-state index contributed by atoms with van der Waals surface area (Å²) in [6.45, 7) is 7.18. The minimum atomic E-state index is -0.436. The normalized spacial score (nSPS) is 12.5. The average Bonchev–Trinajstić information content (AvgIpc) is 2.39. The second kappa shape index (κ2) is 7.94. The molecule has 5 heteroatoms. The van der Waals surface area contributed by atoms with Crippen LogP contribution in [0.1, 0.15) is 27.2 Å². The van der Waals surface area contributed by atoms with Crippen LogP contribution >= 0.6 is 0 Å². The lowest BCUT2D eigenvalue weighted by atomic mass is 10.0. The van der Waals surface area contributed by atoms with Gasteiger partial charge >= 0.3 is 0 Å². The number of nitrogen functional groups attached to an aromatic ring is 1. The van der Waals surface area contributed by atoms with E-state index in [0.29, 0.717) is 30.5 Å². The van der Waals surface area contributed by atoms with E-state index >= 15 is 0 Å². The van der Waals surface area contributed by atoms with Gasteiger partial charge in [0, 0.05) is 19.2 Å². The molecule has 0 heterocycles. The van der Waals surface area contributed by atoms with Crippen molar-refractivity contribution in [1.82, 2.24) is 0 Å². The minimum absolute atomic E-state index is 0.104. The molecular weight excluding hydrogens is 259 g/mol. The summed E-state index contributed by atoms with van der Waals surface area (Å²) < 4.78 is 24.3. The fraction of sp³-hybridized carbons (Fsp3) is 0.600. The molecule has 0 aliphatic rings. The van der Waals surface area contributed by atoms with Crippen molar-refractivity contribution in [3.63, 3.8) is 0 Å². The molecule has 114 valence electrons. The molecule has 0 amide bonds. The van der Waals surface area contributed by atoms with E-state index < -0.39 is 5.82 Å². The molecule has 0 saturated heterocycles. The highest BCUT2D eigenvalue weighted by Gasteiger charge is 2.16. The molecule has 0 aliphatic heterocycles. The molecule has 0 radical (unpaired) electrons. The predicted molar refractivity (Wildman–Crippen MR) is 80.7 cm³/mol. The molecule has 0 spiro atoms. The third kappa shape index (κ3) is 4.56. The molecule has 0 saturated carbocycles. The van der Waals surface area contributed by atoms with Crippen molar-refractivity contribution in [2.24, 2.45) is 5.92 Å². The van der Waals surface area contributed by atoms with Crippen LogP contribution in [0.15, 0.2) is 12.1 Å². The van der Waals surface area contributed by atoms with Crippen molar-refractivity contribution in [2.75, 3.05) is 31.4 Å². The van der Waals surface area contributed by atoms with Crippen LogP contribution in [0, 0.1) is 11.7 Å². The Kier molecular flexibility index (Phi) is 6.58. The molecule has 1 aromatic carbocycles. The van der Waals surface area contributed by atoms with Crippen molar-refractivity contribution in [3.05, 3.63) is 17.9 Å². The largest absolute Gasteiger partial charge is 0.490 e. The first kappa shape index (κ1) is 16.6. The third-order valence-corrected chi connectivity index (χ3v) is 3.06. The molecule has 1 atom stereocenters. The molecule has 1 rings (SSSR count). The molecule has 1 unspecified atom stereocenters. The highest BCUT2D eigenvalue weighted by molar-refractivity contribution is 5.69. The van der Waals surface area contributed by atoms with Gasteiger partial charge in [-0.2, -0.15) is 0 Å². The Hall–Kier alpha value is -1.49. The summed E-state index contributed by atoms with van der Waals surface area (Å²) in [6.07, 6.45) is 0.824. The van der Waals surface area contributed by atoms with Crippen molar-refractivity contribution in [1.29, 1.82) is 0 Å². The van der Waals surface area contributed by atoms with E-state index in [0.717, 1.165) is 6.42 Å². The van der Waals surface area contributed by atoms with Crippen LogP contribution < -0.4 is 15.8 Å². The zero-order valence-electron chi connectivity index (χ0n) is 12.7. The van der Waals surface area contributed by atoms with Gasteiger partial charge in [-0.15, -0.1) is 0 Å². The standard InChI is InChI=1S/C15H25FN2O2/c1-5-6-20-15-8-13(12(17)7-11(15)16)18-14(9-19-4)10(2)3/h7-8,10,14,18H,5-6,9,17H2,1-4H3. The number of ether oxygens (including phenoxy) is 2. The van der Waals surface area contributed by atoms with Crippen LogP contribution in [0.2, 0.25) is 0 Å². The molecule has 4 nitrogen and oxygen atoms in total. The summed E-state index contributed by atoms with van der Waals surface area (Å²) in [5, 5.41) is 3.30. The summed E-state index contributed by atoms with van der Waals surface area (Å²) in [5.41, 5.74) is 6.91. The predicted octanol–water partition coefficient (Wildman–Crippen LogP) is 3.28. The number of nitrogens with one attached hydrogen (secondary N) is 1. The van der Waals surface area contributed by atoms with Gasteiger partial charge in [0.25, 0.3) is 0 Å². The van der Waals surface area contributed by atoms with Crippen LogP contribution in [-0.4, -0.2) is 26.4 Å². The first-order valence-corrected chi connectivity index (χ1v) is 6.96. The van der Waals surface area contributed by atoms with E-state index in [9.17, 15) is 4.39 Å². The van der Waals surface area contributed by atoms with Crippen molar-refractivity contribution in [2.45, 2.75) is 33.2 Å². The summed E-state index contributed by atoms with van der Waals surface area (Å²) in [5.74, 6) is 0.150. The second-order valence-corrected chi connectivity index (χ2v) is 5.17. The maximum atomic E-state index is 13.7. The van der Waals surface area contributed by atoms with Crippen LogP contribution in [0.25, 0.3) is 0 Å². The summed E-state index contributed by atoms with van der Waals surface area (Å²) in [7, 11) is 1.65. The van der Waals surface area contributed by atoms with Crippen molar-refractivity contribution < 1.29 is 13.9 Å². The molecule has 0 aromatic heterocycles. The minimum Gasteiger partial charge on any atom is -0.490 e. The zero-order chi connectivity index (χ0) is 15.1. The number of methoxy groups -OCH3 is 1. The van der Waals surface area contributed by atoms with E-state index in [1.54, 1.807) is 13.2 Å². The number of rotatable bonds is 8. The number of hydrogen-bond acceptors (Lipinski definition) is 4. The topological polar surface area (TPSA) is 56.5 Å². The highest BCUT2D eigenvalue weighted by Crippen LogP contribution is 2.29. The van der Waals surface area contributed by atoms with Gasteiger partial charge in [0.15, 0.2) is 11.6 Å². The molecule has 20 heavy (non-hydrogen) atoms. The fourth-order valence-electron chi connectivity index (χ4n) is 1.80. The summed E-state index contributed by atoms with van der Waals surface area (Å²) in [6, 6.07) is 3.01. The van der Waals surface area contributed by atoms with E-state index in [1.165, 1.54) is 6.07 Å². The Bertz CT molecular complexity index is 425. The van der Waals surface area contributed by atoms with E-state index in [-0.39, 0.29) is 11.8 Å². The van der Waals surface area contributed by atoms with Crippen LogP contribution in [0.5, 0.6) is 5.75 Å². The maximum absolute atomic E-state index is 13.7. The number of anilines is 2. The van der Waals surface area contributed by atoms with E-state index in [4.69, 9.17) is 15.2 Å². The Balaban J connectivity index is 2.92. The molecule has 0 aliphatic carbocycles. The number of hydrogen-bond donors (Lipinski definition) is 2. The summed E-state index contributed by atoms with van der Waals surface area (Å²) >= 11 is 0. The molecule has 0 bridgehead atoms. The van der Waals surface area contributed by atoms with Crippen molar-refractivity contribution in [3.8, 4) is 5.75 Å². The Morgan fingerprint density at radius 2 is 2.05 bits per heavy atom. The first-order valence-electron chi connectivity index (χ1n) is 6.96. The smallest absolute Gasteiger partial charge is 0.167 e. The highest BCUT2D eigenvalue weighted by atomic mass is 19.1. The lowest BCUT2D eigenvalue weighted by Gasteiger charge is -2.24. The Labute approximate surface area is 120 Å². The van der Waals surface area contributed by atoms with Gasteiger partial charge in [-0.05, 0) is 12.3 Å². The lowest BCUT2D eigenvalue weighted by molar-refractivity contribution is 0.171. The maximum Gasteiger partial charge on any atom is 0.167 e. The number of benzene rings is 1. The van der Waals surface area contributed by atoms with Gasteiger partial charge in [0.05, 0.1) is 30.6 Å². The van der Waals surface area contributed by atoms with Gasteiger partial charge in [0.1, 0.15) is 0 Å². The monoisotopic (exact) mass is 284 g/mol. The fourth-order valence-corrected chi connectivity index (χ4v) is 1.80. The van der Waals surface area contributed by atoms with Crippen LogP contribution in [0.4, 0.5) is 15.8 Å². The molecule has 3 N–H and O–H groups in total. The number of halogens is 1. The van der Waals surface area contributed by atoms with Gasteiger partial charge in [-0.25, -0.2) is 4.39 Å². The van der Waals surface area contributed by atoms with Gasteiger partial charge in [0.2, 0.25) is 0 Å².